The lowest BCUT2D eigenvalue weighted by Crippen LogP contribution is -2.44. The number of carboxylic acids is 1. The maximum absolute atomic E-state index is 12.9. The van der Waals surface area contributed by atoms with Gasteiger partial charge in [0.2, 0.25) is 6.79 Å². The van der Waals surface area contributed by atoms with Crippen molar-refractivity contribution in [1.29, 1.82) is 0 Å². The number of aromatic nitrogens is 4. The van der Waals surface area contributed by atoms with Crippen LogP contribution in [0.4, 0.5) is 5.82 Å². The highest BCUT2D eigenvalue weighted by atomic mass is 79.9. The van der Waals surface area contributed by atoms with E-state index in [4.69, 9.17) is 35.8 Å². The van der Waals surface area contributed by atoms with E-state index in [0.717, 1.165) is 28.6 Å². The molecule has 4 heterocycles. The topological polar surface area (TPSA) is 198 Å². The number of benzene rings is 1. The highest BCUT2D eigenvalue weighted by Gasteiger charge is 2.29. The summed E-state index contributed by atoms with van der Waals surface area (Å²) in [5.41, 5.74) is 12.8. The van der Waals surface area contributed by atoms with Crippen molar-refractivity contribution < 1.29 is 33.7 Å². The molecule has 1 saturated heterocycles. The molecule has 0 radical (unpaired) electrons. The van der Waals surface area contributed by atoms with Gasteiger partial charge in [0.15, 0.2) is 39.7 Å². The van der Waals surface area contributed by atoms with Gasteiger partial charge < -0.3 is 40.3 Å². The Hall–Kier alpha value is -3.34. The molecule has 5 N–H and O–H groups in total. The number of nitrogens with zero attached hydrogens (tertiary/aromatic N) is 5. The predicted molar refractivity (Wildman–Crippen MR) is 166 cm³/mol. The number of halogens is 2. The number of carboxylic acid groups (broad SMARTS) is 1. The van der Waals surface area contributed by atoms with Gasteiger partial charge in [0.25, 0.3) is 5.91 Å². The van der Waals surface area contributed by atoms with Gasteiger partial charge in [-0.1, -0.05) is 11.8 Å². The van der Waals surface area contributed by atoms with E-state index < -0.39 is 24.1 Å². The normalized spacial score (nSPS) is 15.9. The Morgan fingerprint density at radius 2 is 1.91 bits per heavy atom. The quantitative estimate of drug-likeness (QED) is 0.245. The summed E-state index contributed by atoms with van der Waals surface area (Å²) in [6.45, 7) is 3.43. The van der Waals surface area contributed by atoms with Crippen molar-refractivity contribution in [3.8, 4) is 11.5 Å². The van der Waals surface area contributed by atoms with Crippen LogP contribution in [-0.4, -0.2) is 79.4 Å². The van der Waals surface area contributed by atoms with Crippen molar-refractivity contribution in [3.05, 3.63) is 22.9 Å². The number of carbonyl (C=O) groups excluding carboxylic acids is 2. The summed E-state index contributed by atoms with van der Waals surface area (Å²) >= 11 is 5.08. The monoisotopic (exact) mass is 713 g/mol. The van der Waals surface area contributed by atoms with Gasteiger partial charge in [0.1, 0.15) is 12.4 Å². The standard InChI is InChI=1S/C27H32BrN7O7S.ClH/c1-14(42-21(36)3-2-17(29)26(38)39)25(37)34-7-4-15(5-8-34)6-9-35-24-22(23(30)31-12-32-24)33-27(35)43-20-11-19-18(10-16(20)28)40-13-41-19;/h10-12,14-15,17H,2-9,13,29H2,1H3,(H,38,39)(H2,30,31,32);1H/t14-,17-;/m0./s1. The summed E-state index contributed by atoms with van der Waals surface area (Å²) in [5.74, 6) is -0.0989. The minimum atomic E-state index is -1.19. The summed E-state index contributed by atoms with van der Waals surface area (Å²) < 4.78 is 19.1. The first kappa shape index (κ1) is 33.6. The molecule has 2 aliphatic heterocycles. The number of esters is 1. The van der Waals surface area contributed by atoms with Gasteiger partial charge >= 0.3 is 11.9 Å². The molecule has 5 rings (SSSR count). The van der Waals surface area contributed by atoms with Gasteiger partial charge in [-0.15, -0.1) is 12.4 Å². The van der Waals surface area contributed by atoms with Crippen LogP contribution in [0.2, 0.25) is 0 Å². The van der Waals surface area contributed by atoms with E-state index in [9.17, 15) is 14.4 Å². The number of ether oxygens (including phenoxy) is 3. The molecular formula is C27H33BrClN7O7S. The van der Waals surface area contributed by atoms with Crippen LogP contribution in [0.1, 0.15) is 39.0 Å². The van der Waals surface area contributed by atoms with E-state index in [2.05, 4.69) is 25.9 Å². The molecule has 3 aromatic rings. The third-order valence-corrected chi connectivity index (χ3v) is 9.44. The second kappa shape index (κ2) is 14.6. The van der Waals surface area contributed by atoms with Crippen LogP contribution in [0.15, 0.2) is 33.0 Å². The molecule has 238 valence electrons. The lowest BCUT2D eigenvalue weighted by atomic mass is 9.93. The smallest absolute Gasteiger partial charge is 0.320 e. The fourth-order valence-corrected chi connectivity index (χ4v) is 6.51. The maximum Gasteiger partial charge on any atom is 0.320 e. The molecular weight excluding hydrogens is 682 g/mol. The van der Waals surface area contributed by atoms with E-state index in [1.165, 1.54) is 25.0 Å². The molecule has 0 saturated carbocycles. The molecule has 1 aromatic carbocycles. The molecule has 0 aliphatic carbocycles. The Morgan fingerprint density at radius 3 is 2.61 bits per heavy atom. The molecule has 0 unspecified atom stereocenters. The molecule has 0 spiro atoms. The van der Waals surface area contributed by atoms with Gasteiger partial charge in [-0.25, -0.2) is 15.0 Å². The van der Waals surface area contributed by atoms with Crippen LogP contribution in [0.25, 0.3) is 11.2 Å². The minimum Gasteiger partial charge on any atom is -0.480 e. The number of hydrogen-bond donors (Lipinski definition) is 3. The van der Waals surface area contributed by atoms with Crippen LogP contribution in [0.3, 0.4) is 0 Å². The van der Waals surface area contributed by atoms with E-state index >= 15 is 0 Å². The number of likely N-dealkylation sites (tertiary alicyclic amines) is 1. The van der Waals surface area contributed by atoms with Crippen molar-refractivity contribution in [2.75, 3.05) is 25.6 Å². The van der Waals surface area contributed by atoms with Gasteiger partial charge in [-0.3, -0.25) is 14.4 Å². The lowest BCUT2D eigenvalue weighted by Gasteiger charge is -2.33. The number of nitrogen functional groups attached to an aromatic ring is 1. The Labute approximate surface area is 271 Å². The van der Waals surface area contributed by atoms with Gasteiger partial charge in [0.05, 0.1) is 0 Å². The van der Waals surface area contributed by atoms with Crippen LogP contribution < -0.4 is 20.9 Å². The van der Waals surface area contributed by atoms with Crippen LogP contribution in [0, 0.1) is 5.92 Å². The number of fused-ring (bicyclic) bond motifs is 2. The first-order chi connectivity index (χ1) is 20.6. The number of piperidine rings is 1. The third kappa shape index (κ3) is 7.65. The number of imidazole rings is 1. The molecule has 1 amide bonds. The average molecular weight is 715 g/mol. The first-order valence-electron chi connectivity index (χ1n) is 13.8. The first-order valence-corrected chi connectivity index (χ1v) is 15.4. The van der Waals surface area contributed by atoms with Crippen molar-refractivity contribution in [3.63, 3.8) is 0 Å². The Kier molecular flexibility index (Phi) is 11.2. The van der Waals surface area contributed by atoms with E-state index in [1.807, 2.05) is 16.7 Å². The zero-order chi connectivity index (χ0) is 30.7. The number of anilines is 1. The molecule has 44 heavy (non-hydrogen) atoms. The SMILES string of the molecule is C[C@H](OC(=O)CC[C@H](N)C(=O)O)C(=O)N1CCC(CCn2c(Sc3cc4c(cc3Br)OCO4)nc3c(N)ncnc32)CC1.Cl. The average Bonchev–Trinajstić information content (AvgIpc) is 3.59. The molecule has 17 heteroatoms. The summed E-state index contributed by atoms with van der Waals surface area (Å²) in [4.78, 5) is 51.7. The number of rotatable bonds is 11. The van der Waals surface area contributed by atoms with Crippen molar-refractivity contribution >= 4 is 74.9 Å². The van der Waals surface area contributed by atoms with Gasteiger partial charge in [-0.05, 0) is 66.6 Å². The van der Waals surface area contributed by atoms with Crippen LogP contribution in [-0.2, 0) is 25.7 Å². The van der Waals surface area contributed by atoms with Crippen LogP contribution >= 0.6 is 40.1 Å². The third-order valence-electron chi connectivity index (χ3n) is 7.47. The summed E-state index contributed by atoms with van der Waals surface area (Å²) in [6.07, 6.45) is 2.67. The fourth-order valence-electron chi connectivity index (χ4n) is 5.00. The number of carbonyl (C=O) groups is 3. The van der Waals surface area contributed by atoms with Crippen molar-refractivity contribution in [2.24, 2.45) is 11.7 Å². The second-order valence-corrected chi connectivity index (χ2v) is 12.3. The van der Waals surface area contributed by atoms with Crippen LogP contribution in [0.5, 0.6) is 11.5 Å². The van der Waals surface area contributed by atoms with E-state index in [1.54, 1.807) is 4.90 Å². The highest BCUT2D eigenvalue weighted by molar-refractivity contribution is 9.10. The largest absolute Gasteiger partial charge is 0.480 e. The number of amides is 1. The van der Waals surface area contributed by atoms with Crippen molar-refractivity contribution in [1.82, 2.24) is 24.4 Å². The zero-order valence-corrected chi connectivity index (χ0v) is 27.0. The molecule has 1 fully saturated rings. The molecule has 2 aromatic heterocycles. The lowest BCUT2D eigenvalue weighted by molar-refractivity contribution is -0.160. The van der Waals surface area contributed by atoms with Gasteiger partial charge in [0, 0.05) is 35.4 Å². The van der Waals surface area contributed by atoms with E-state index in [-0.39, 0.29) is 37.9 Å². The molecule has 2 aliphatic rings. The molecule has 0 bridgehead atoms. The minimum absolute atomic E-state index is 0. The zero-order valence-electron chi connectivity index (χ0n) is 23.8. The Morgan fingerprint density at radius 1 is 1.20 bits per heavy atom. The Balaban J connectivity index is 0.00000442. The fraction of sp³-hybridized carbons (Fsp3) is 0.481. The number of aryl methyl sites for hydroxylation is 1. The molecule has 2 atom stereocenters. The number of hydrogen-bond acceptors (Lipinski definition) is 12. The molecule has 14 nitrogen and oxygen atoms in total. The van der Waals surface area contributed by atoms with Crippen molar-refractivity contribution in [2.45, 2.75) is 67.8 Å². The summed E-state index contributed by atoms with van der Waals surface area (Å²) in [6, 6.07) is 2.63. The van der Waals surface area contributed by atoms with Gasteiger partial charge in [-0.2, -0.15) is 0 Å². The number of nitrogens with two attached hydrogens (primary N) is 2. The predicted octanol–water partition coefficient (Wildman–Crippen LogP) is 3.23. The summed E-state index contributed by atoms with van der Waals surface area (Å²) in [7, 11) is 0. The highest BCUT2D eigenvalue weighted by Crippen LogP contribution is 2.43. The Bertz CT molecular complexity index is 1540. The second-order valence-electron chi connectivity index (χ2n) is 10.4. The maximum atomic E-state index is 12.9. The van der Waals surface area contributed by atoms with E-state index in [0.29, 0.717) is 59.2 Å². The number of aliphatic carboxylic acids is 1. The summed E-state index contributed by atoms with van der Waals surface area (Å²) in [5, 5.41) is 9.57.